The average Bonchev–Trinajstić information content (AvgIpc) is 3.39. The molecule has 1 heterocycles. The molecule has 0 fully saturated rings. The van der Waals surface area contributed by atoms with Gasteiger partial charge in [0.05, 0.1) is 12.0 Å². The van der Waals surface area contributed by atoms with Gasteiger partial charge in [0.25, 0.3) is 5.82 Å². The molecule has 0 aliphatic rings. The standard InChI is InChI=1S/C35H68N2/c1-5-8-10-12-14-16-17-18-19-20-21-22-24-26-29-33(4)37-32-31-36-35(37)34(28-7-3)30-27-25-23-15-13-11-9-6-2/h31-34H,5-30H2,1-4H3/p+1. The number of unbranched alkanes of at least 4 members (excludes halogenated alkanes) is 20. The molecule has 2 atom stereocenters. The molecule has 0 amide bonds. The molecular weight excluding hydrogens is 448 g/mol. The number of imidazole rings is 1. The van der Waals surface area contributed by atoms with E-state index in [9.17, 15) is 0 Å². The lowest BCUT2D eigenvalue weighted by Gasteiger charge is -2.16. The molecule has 0 saturated carbocycles. The number of H-pyrrole nitrogens is 1. The van der Waals surface area contributed by atoms with Gasteiger partial charge < -0.3 is 0 Å². The van der Waals surface area contributed by atoms with Gasteiger partial charge in [0.1, 0.15) is 12.4 Å². The van der Waals surface area contributed by atoms with E-state index in [1.807, 2.05) is 0 Å². The second-order valence-corrected chi connectivity index (χ2v) is 12.2. The summed E-state index contributed by atoms with van der Waals surface area (Å²) in [6.07, 6.45) is 41.3. The third-order valence-corrected chi connectivity index (χ3v) is 8.62. The van der Waals surface area contributed by atoms with Gasteiger partial charge in [0, 0.05) is 0 Å². The van der Waals surface area contributed by atoms with Gasteiger partial charge in [-0.05, 0) is 32.6 Å². The largest absolute Gasteiger partial charge is 0.257 e. The van der Waals surface area contributed by atoms with E-state index in [1.165, 1.54) is 173 Å². The number of hydrogen-bond donors (Lipinski definition) is 1. The van der Waals surface area contributed by atoms with Gasteiger partial charge in [-0.1, -0.05) is 162 Å². The maximum atomic E-state index is 3.66. The quantitative estimate of drug-likeness (QED) is 0.0842. The summed E-state index contributed by atoms with van der Waals surface area (Å²) in [6.45, 7) is 9.41. The summed E-state index contributed by atoms with van der Waals surface area (Å²) >= 11 is 0. The molecule has 0 aliphatic carbocycles. The minimum absolute atomic E-state index is 0.622. The van der Waals surface area contributed by atoms with Gasteiger partial charge in [-0.3, -0.25) is 0 Å². The smallest absolute Gasteiger partial charge is 0.247 e. The van der Waals surface area contributed by atoms with Crippen LogP contribution in [0.4, 0.5) is 0 Å². The molecule has 0 bridgehead atoms. The zero-order valence-electron chi connectivity index (χ0n) is 26.1. The predicted octanol–water partition coefficient (Wildman–Crippen LogP) is 12.1. The summed E-state index contributed by atoms with van der Waals surface area (Å²) in [5.41, 5.74) is 0. The number of hydrogen-bond acceptors (Lipinski definition) is 0. The maximum absolute atomic E-state index is 3.66. The Balaban J connectivity index is 2.16. The highest BCUT2D eigenvalue weighted by molar-refractivity contribution is 4.90. The van der Waals surface area contributed by atoms with Crippen molar-refractivity contribution in [2.24, 2.45) is 0 Å². The zero-order chi connectivity index (χ0) is 26.8. The minimum Gasteiger partial charge on any atom is -0.247 e. The number of rotatable bonds is 28. The van der Waals surface area contributed by atoms with E-state index in [0.717, 1.165) is 0 Å². The number of aromatic nitrogens is 2. The molecule has 0 radical (unpaired) electrons. The maximum Gasteiger partial charge on any atom is 0.257 e. The molecule has 0 saturated heterocycles. The van der Waals surface area contributed by atoms with Crippen molar-refractivity contribution in [3.05, 3.63) is 18.2 Å². The Kier molecular flexibility index (Phi) is 23.6. The van der Waals surface area contributed by atoms with Crippen LogP contribution in [0, 0.1) is 0 Å². The lowest BCUT2D eigenvalue weighted by atomic mass is 9.94. The van der Waals surface area contributed by atoms with Gasteiger partial charge in [-0.25, -0.2) is 9.55 Å². The second-order valence-electron chi connectivity index (χ2n) is 12.2. The van der Waals surface area contributed by atoms with E-state index >= 15 is 0 Å². The van der Waals surface area contributed by atoms with Gasteiger partial charge >= 0.3 is 0 Å². The Morgan fingerprint density at radius 2 is 0.919 bits per heavy atom. The Morgan fingerprint density at radius 3 is 1.35 bits per heavy atom. The minimum atomic E-state index is 0.622. The van der Waals surface area contributed by atoms with Crippen molar-refractivity contribution in [2.45, 2.75) is 207 Å². The van der Waals surface area contributed by atoms with Crippen LogP contribution in [0.2, 0.25) is 0 Å². The van der Waals surface area contributed by atoms with Crippen molar-refractivity contribution in [3.63, 3.8) is 0 Å². The van der Waals surface area contributed by atoms with Crippen molar-refractivity contribution in [1.29, 1.82) is 0 Å². The average molecular weight is 518 g/mol. The van der Waals surface area contributed by atoms with Crippen LogP contribution in [0.15, 0.2) is 12.4 Å². The highest BCUT2D eigenvalue weighted by Gasteiger charge is 2.24. The highest BCUT2D eigenvalue weighted by Crippen LogP contribution is 2.26. The number of aromatic amines is 1. The van der Waals surface area contributed by atoms with Crippen LogP contribution >= 0.6 is 0 Å². The fourth-order valence-electron chi connectivity index (χ4n) is 6.14. The fraction of sp³-hybridized carbons (Fsp3) is 0.914. The SMILES string of the molecule is CCCCCCCCCCCCCCCCC(C)[n+]1cc[nH]c1C(CCC)CCCCCCCCCC. The summed E-state index contributed by atoms with van der Waals surface area (Å²) in [5.74, 6) is 2.21. The van der Waals surface area contributed by atoms with Crippen LogP contribution in [0.3, 0.4) is 0 Å². The van der Waals surface area contributed by atoms with E-state index in [2.05, 4.69) is 49.6 Å². The summed E-state index contributed by atoms with van der Waals surface area (Å²) in [5, 5.41) is 0. The van der Waals surface area contributed by atoms with Crippen molar-refractivity contribution >= 4 is 0 Å². The molecule has 1 aromatic rings. The summed E-state index contributed by atoms with van der Waals surface area (Å²) < 4.78 is 2.59. The van der Waals surface area contributed by atoms with Crippen molar-refractivity contribution < 1.29 is 4.57 Å². The molecular formula is C35H69N2+. The zero-order valence-corrected chi connectivity index (χ0v) is 26.1. The Labute approximate surface area is 234 Å². The molecule has 2 heteroatoms. The van der Waals surface area contributed by atoms with E-state index < -0.39 is 0 Å². The first-order chi connectivity index (χ1) is 18.2. The number of nitrogens with one attached hydrogen (secondary N) is 1. The summed E-state index contributed by atoms with van der Waals surface area (Å²) in [7, 11) is 0. The molecule has 218 valence electrons. The monoisotopic (exact) mass is 518 g/mol. The molecule has 0 aliphatic heterocycles. The van der Waals surface area contributed by atoms with Crippen LogP contribution < -0.4 is 4.57 Å². The molecule has 0 aromatic carbocycles. The summed E-state index contributed by atoms with van der Waals surface area (Å²) in [6, 6.07) is 0.622. The third kappa shape index (κ3) is 18.2. The fourth-order valence-corrected chi connectivity index (χ4v) is 6.14. The van der Waals surface area contributed by atoms with Gasteiger partial charge in [0.15, 0.2) is 0 Å². The molecule has 1 rings (SSSR count). The van der Waals surface area contributed by atoms with E-state index in [0.29, 0.717) is 12.0 Å². The predicted molar refractivity (Wildman–Crippen MR) is 166 cm³/mol. The Bertz CT molecular complexity index is 578. The van der Waals surface area contributed by atoms with E-state index in [1.54, 1.807) is 0 Å². The van der Waals surface area contributed by atoms with Crippen LogP contribution in [0.5, 0.6) is 0 Å². The first-order valence-electron chi connectivity index (χ1n) is 17.3. The van der Waals surface area contributed by atoms with E-state index in [-0.39, 0.29) is 0 Å². The lowest BCUT2D eigenvalue weighted by molar-refractivity contribution is -0.727. The number of nitrogens with zero attached hydrogens (tertiary/aromatic N) is 1. The van der Waals surface area contributed by atoms with Crippen LogP contribution in [-0.2, 0) is 0 Å². The normalized spacial score (nSPS) is 13.3. The lowest BCUT2D eigenvalue weighted by Crippen LogP contribution is -2.41. The molecule has 1 aromatic heterocycles. The van der Waals surface area contributed by atoms with Gasteiger partial charge in [-0.2, -0.15) is 0 Å². The Hall–Kier alpha value is -0.790. The van der Waals surface area contributed by atoms with Crippen LogP contribution in [-0.4, -0.2) is 4.98 Å². The summed E-state index contributed by atoms with van der Waals surface area (Å²) in [4.78, 5) is 3.66. The second kappa shape index (κ2) is 25.5. The van der Waals surface area contributed by atoms with Crippen molar-refractivity contribution in [1.82, 2.24) is 4.98 Å². The van der Waals surface area contributed by atoms with Crippen molar-refractivity contribution in [2.75, 3.05) is 0 Å². The van der Waals surface area contributed by atoms with Gasteiger partial charge in [0.2, 0.25) is 0 Å². The van der Waals surface area contributed by atoms with Crippen LogP contribution in [0.25, 0.3) is 0 Å². The molecule has 2 unspecified atom stereocenters. The van der Waals surface area contributed by atoms with Crippen LogP contribution in [0.1, 0.15) is 212 Å². The Morgan fingerprint density at radius 1 is 0.514 bits per heavy atom. The molecule has 37 heavy (non-hydrogen) atoms. The topological polar surface area (TPSA) is 19.7 Å². The first kappa shape index (κ1) is 34.2. The molecule has 0 spiro atoms. The first-order valence-corrected chi connectivity index (χ1v) is 17.3. The third-order valence-electron chi connectivity index (χ3n) is 8.62. The molecule has 1 N–H and O–H groups in total. The highest BCUT2D eigenvalue weighted by atomic mass is 15.1. The van der Waals surface area contributed by atoms with E-state index in [4.69, 9.17) is 0 Å². The molecule has 2 nitrogen and oxygen atoms in total. The van der Waals surface area contributed by atoms with Gasteiger partial charge in [-0.15, -0.1) is 0 Å². The van der Waals surface area contributed by atoms with Crippen molar-refractivity contribution in [3.8, 4) is 0 Å².